The second-order valence-electron chi connectivity index (χ2n) is 7.22. The summed E-state index contributed by atoms with van der Waals surface area (Å²) in [6.45, 7) is 5.05. The van der Waals surface area contributed by atoms with Crippen LogP contribution in [0.3, 0.4) is 0 Å². The number of nitrogens with one attached hydrogen (secondary N) is 1. The molecular weight excluding hydrogens is 324 g/mol. The second kappa shape index (κ2) is 5.68. The van der Waals surface area contributed by atoms with Crippen LogP contribution in [0.15, 0.2) is 22.7 Å². The van der Waals surface area contributed by atoms with Gasteiger partial charge in [-0.05, 0) is 74.2 Å². The van der Waals surface area contributed by atoms with Crippen molar-refractivity contribution in [3.8, 4) is 0 Å². The van der Waals surface area contributed by atoms with E-state index >= 15 is 0 Å². The third kappa shape index (κ3) is 2.58. The Morgan fingerprint density at radius 1 is 1.24 bits per heavy atom. The molecule has 4 rings (SSSR count). The summed E-state index contributed by atoms with van der Waals surface area (Å²) in [6.07, 6.45) is 8.13. The van der Waals surface area contributed by atoms with Crippen molar-refractivity contribution >= 4 is 15.9 Å². The molecule has 3 heteroatoms. The van der Waals surface area contributed by atoms with E-state index in [1.54, 1.807) is 11.1 Å². The lowest BCUT2D eigenvalue weighted by molar-refractivity contribution is 0.0371. The van der Waals surface area contributed by atoms with Crippen molar-refractivity contribution in [1.82, 2.24) is 10.2 Å². The molecular formula is C18H25BrN2. The molecule has 21 heavy (non-hydrogen) atoms. The maximum absolute atomic E-state index is 3.74. The molecule has 2 atom stereocenters. The van der Waals surface area contributed by atoms with E-state index in [0.717, 1.165) is 0 Å². The molecule has 2 saturated heterocycles. The molecule has 1 aromatic rings. The monoisotopic (exact) mass is 348 g/mol. The molecule has 0 amide bonds. The van der Waals surface area contributed by atoms with Crippen LogP contribution >= 0.6 is 15.9 Å². The van der Waals surface area contributed by atoms with E-state index in [1.807, 2.05) is 0 Å². The molecule has 2 unspecified atom stereocenters. The lowest BCUT2D eigenvalue weighted by Gasteiger charge is -2.47. The smallest absolute Gasteiger partial charge is 0.0354 e. The van der Waals surface area contributed by atoms with Crippen LogP contribution in [-0.2, 0) is 6.42 Å². The Morgan fingerprint density at radius 3 is 3.00 bits per heavy atom. The summed E-state index contributed by atoms with van der Waals surface area (Å²) in [6, 6.07) is 7.43. The highest BCUT2D eigenvalue weighted by atomic mass is 79.9. The molecule has 2 heterocycles. The van der Waals surface area contributed by atoms with Gasteiger partial charge in [0, 0.05) is 23.6 Å². The Morgan fingerprint density at radius 2 is 2.14 bits per heavy atom. The minimum atomic E-state index is 0.561. The maximum Gasteiger partial charge on any atom is 0.0354 e. The van der Waals surface area contributed by atoms with Gasteiger partial charge in [-0.15, -0.1) is 0 Å². The molecule has 0 bridgehead atoms. The van der Waals surface area contributed by atoms with E-state index in [-0.39, 0.29) is 0 Å². The zero-order chi connectivity index (χ0) is 14.3. The Kier molecular flexibility index (Phi) is 3.85. The first-order valence-electron chi connectivity index (χ1n) is 8.50. The molecule has 1 aromatic carbocycles. The Labute approximate surface area is 136 Å². The molecule has 0 radical (unpaired) electrons. The van der Waals surface area contributed by atoms with Gasteiger partial charge in [-0.25, -0.2) is 0 Å². The summed E-state index contributed by atoms with van der Waals surface area (Å²) < 4.78 is 1.31. The average molecular weight is 349 g/mol. The highest BCUT2D eigenvalue weighted by Gasteiger charge is 2.40. The van der Waals surface area contributed by atoms with Crippen LogP contribution in [0, 0.1) is 5.41 Å². The Bertz CT molecular complexity index is 516. The standard InChI is InChI=1S/C18H25BrN2/c19-16-5-1-4-15-14(16)6-7-17(15)21-11-3-9-18(13-21)8-2-10-20-12-18/h1,4-5,17,20H,2-3,6-13H2. The summed E-state index contributed by atoms with van der Waals surface area (Å²) in [5.74, 6) is 0. The summed E-state index contributed by atoms with van der Waals surface area (Å²) >= 11 is 3.74. The molecule has 2 nitrogen and oxygen atoms in total. The summed E-state index contributed by atoms with van der Waals surface area (Å²) in [5.41, 5.74) is 3.71. The van der Waals surface area contributed by atoms with Gasteiger partial charge >= 0.3 is 0 Å². The maximum atomic E-state index is 3.74. The number of rotatable bonds is 1. The van der Waals surface area contributed by atoms with Gasteiger partial charge < -0.3 is 5.32 Å². The van der Waals surface area contributed by atoms with E-state index in [1.165, 1.54) is 69.2 Å². The van der Waals surface area contributed by atoms with E-state index in [0.29, 0.717) is 11.5 Å². The molecule has 1 N–H and O–H groups in total. The van der Waals surface area contributed by atoms with Crippen molar-refractivity contribution in [2.24, 2.45) is 5.41 Å². The fraction of sp³-hybridized carbons (Fsp3) is 0.667. The summed E-state index contributed by atoms with van der Waals surface area (Å²) in [5, 5.41) is 3.65. The van der Waals surface area contributed by atoms with Crippen molar-refractivity contribution in [3.05, 3.63) is 33.8 Å². The van der Waals surface area contributed by atoms with Gasteiger partial charge in [0.15, 0.2) is 0 Å². The number of halogens is 1. The molecule has 114 valence electrons. The number of piperidine rings is 2. The first kappa shape index (κ1) is 14.2. The number of fused-ring (bicyclic) bond motifs is 1. The summed E-state index contributed by atoms with van der Waals surface area (Å²) in [4.78, 5) is 2.80. The van der Waals surface area contributed by atoms with Crippen LogP contribution in [0.25, 0.3) is 0 Å². The topological polar surface area (TPSA) is 15.3 Å². The second-order valence-corrected chi connectivity index (χ2v) is 8.07. The third-order valence-corrected chi connectivity index (χ3v) is 6.62. The molecule has 3 aliphatic rings. The van der Waals surface area contributed by atoms with Gasteiger partial charge in [-0.3, -0.25) is 4.90 Å². The minimum absolute atomic E-state index is 0.561. The minimum Gasteiger partial charge on any atom is -0.316 e. The summed E-state index contributed by atoms with van der Waals surface area (Å²) in [7, 11) is 0. The fourth-order valence-corrected chi connectivity index (χ4v) is 5.44. The van der Waals surface area contributed by atoms with Crippen LogP contribution in [0.1, 0.15) is 49.3 Å². The van der Waals surface area contributed by atoms with Gasteiger partial charge in [0.25, 0.3) is 0 Å². The van der Waals surface area contributed by atoms with Gasteiger partial charge in [0.05, 0.1) is 0 Å². The number of nitrogens with zero attached hydrogens (tertiary/aromatic N) is 1. The Hall–Kier alpha value is -0.380. The van der Waals surface area contributed by atoms with Crippen LogP contribution in [-0.4, -0.2) is 31.1 Å². The van der Waals surface area contributed by atoms with Gasteiger partial charge in [0.1, 0.15) is 0 Å². The molecule has 1 aliphatic carbocycles. The molecule has 0 aromatic heterocycles. The lowest BCUT2D eigenvalue weighted by Crippen LogP contribution is -2.51. The zero-order valence-electron chi connectivity index (χ0n) is 12.7. The van der Waals surface area contributed by atoms with Crippen molar-refractivity contribution in [1.29, 1.82) is 0 Å². The first-order valence-corrected chi connectivity index (χ1v) is 9.29. The SMILES string of the molecule is Brc1cccc2c1CCC2N1CCCC2(CCCNC2)C1. The van der Waals surface area contributed by atoms with Crippen molar-refractivity contribution in [2.75, 3.05) is 26.2 Å². The highest BCUT2D eigenvalue weighted by Crippen LogP contribution is 2.44. The highest BCUT2D eigenvalue weighted by molar-refractivity contribution is 9.10. The molecule has 2 aliphatic heterocycles. The number of likely N-dealkylation sites (tertiary alicyclic amines) is 1. The number of hydrogen-bond donors (Lipinski definition) is 1. The van der Waals surface area contributed by atoms with Gasteiger partial charge in [-0.1, -0.05) is 28.1 Å². The zero-order valence-corrected chi connectivity index (χ0v) is 14.3. The number of benzene rings is 1. The van der Waals surface area contributed by atoms with E-state index in [9.17, 15) is 0 Å². The lowest BCUT2D eigenvalue weighted by atomic mass is 9.74. The molecule has 2 fully saturated rings. The van der Waals surface area contributed by atoms with Crippen LogP contribution in [0.4, 0.5) is 0 Å². The largest absolute Gasteiger partial charge is 0.316 e. The van der Waals surface area contributed by atoms with Crippen molar-refractivity contribution in [2.45, 2.75) is 44.6 Å². The molecule has 1 spiro atoms. The van der Waals surface area contributed by atoms with Crippen LogP contribution < -0.4 is 5.32 Å². The quantitative estimate of drug-likeness (QED) is 0.827. The third-order valence-electron chi connectivity index (χ3n) is 5.87. The van der Waals surface area contributed by atoms with E-state index in [4.69, 9.17) is 0 Å². The van der Waals surface area contributed by atoms with E-state index < -0.39 is 0 Å². The number of hydrogen-bond acceptors (Lipinski definition) is 2. The average Bonchev–Trinajstić information content (AvgIpc) is 2.93. The van der Waals surface area contributed by atoms with E-state index in [2.05, 4.69) is 44.3 Å². The van der Waals surface area contributed by atoms with Crippen molar-refractivity contribution < 1.29 is 0 Å². The first-order chi connectivity index (χ1) is 10.3. The van der Waals surface area contributed by atoms with Crippen molar-refractivity contribution in [3.63, 3.8) is 0 Å². The van der Waals surface area contributed by atoms with Crippen LogP contribution in [0.2, 0.25) is 0 Å². The van der Waals surface area contributed by atoms with Crippen LogP contribution in [0.5, 0.6) is 0 Å². The molecule has 0 saturated carbocycles. The normalized spacial score (nSPS) is 33.3. The Balaban J connectivity index is 1.56. The predicted molar refractivity (Wildman–Crippen MR) is 90.5 cm³/mol. The fourth-order valence-electron chi connectivity index (χ4n) is 4.86. The van der Waals surface area contributed by atoms with Gasteiger partial charge in [0.2, 0.25) is 0 Å². The van der Waals surface area contributed by atoms with Gasteiger partial charge in [-0.2, -0.15) is 0 Å². The predicted octanol–water partition coefficient (Wildman–Crippen LogP) is 3.90.